The van der Waals surface area contributed by atoms with Crippen LogP contribution in [0.3, 0.4) is 0 Å². The number of nitrogens with two attached hydrogens (primary N) is 2. The molecule has 0 aliphatic heterocycles. The van der Waals surface area contributed by atoms with Crippen molar-refractivity contribution in [1.82, 2.24) is 0 Å². The molecule has 0 bridgehead atoms. The lowest BCUT2D eigenvalue weighted by atomic mass is 11.3. The summed E-state index contributed by atoms with van der Waals surface area (Å²) in [5.74, 6) is 0. The molecule has 0 rings (SSSR count). The van der Waals surface area contributed by atoms with Crippen LogP contribution in [0.5, 0.6) is 0 Å². The third kappa shape index (κ3) is 60.1. The second-order valence-electron chi connectivity index (χ2n) is 0.626. The minimum atomic E-state index is -1.75. The molecule has 0 heterocycles. The smallest absolute Gasteiger partial charge is 0.160 e. The predicted octanol–water partition coefficient (Wildman–Crippen LogP) is -1.05. The van der Waals surface area contributed by atoms with Gasteiger partial charge in [0.2, 0.25) is 0 Å². The molecule has 7 heteroatoms. The highest BCUT2D eigenvalue weighted by Gasteiger charge is 1.53. The van der Waals surface area contributed by atoms with E-state index < -0.39 is 5.09 Å². The van der Waals surface area contributed by atoms with Crippen molar-refractivity contribution in [3.8, 4) is 0 Å². The van der Waals surface area contributed by atoms with Gasteiger partial charge in [-0.2, -0.15) is 0 Å². The molecule has 0 fully saturated rings. The van der Waals surface area contributed by atoms with Crippen LogP contribution in [-0.4, -0.2) is 10.2 Å². The first kappa shape index (κ1) is 10.00. The van der Waals surface area contributed by atoms with Gasteiger partial charge in [-0.15, -0.1) is 0 Å². The Hall–Kier alpha value is -1.11. The minimum Gasteiger partial charge on any atom is -0.377 e. The third-order valence-electron chi connectivity index (χ3n) is 0. The van der Waals surface area contributed by atoms with Gasteiger partial charge in [-0.05, 0) is 12.2 Å². The van der Waals surface area contributed by atoms with E-state index in [1.807, 2.05) is 0 Å². The normalized spacial score (nSPS) is 6.00. The number of rotatable bonds is 0. The van der Waals surface area contributed by atoms with Crippen LogP contribution in [0.1, 0.15) is 0 Å². The zero-order chi connectivity index (χ0) is 7.15. The van der Waals surface area contributed by atoms with E-state index in [0.717, 1.165) is 0 Å². The second-order valence-corrected chi connectivity index (χ2v) is 1.10. The van der Waals surface area contributed by atoms with Gasteiger partial charge in [-0.1, -0.05) is 0 Å². The summed E-state index contributed by atoms with van der Waals surface area (Å²) < 4.78 is 0. The largest absolute Gasteiger partial charge is 0.377 e. The van der Waals surface area contributed by atoms with Crippen molar-refractivity contribution >= 4 is 17.3 Å². The fourth-order valence-electron chi connectivity index (χ4n) is 0. The third-order valence-corrected chi connectivity index (χ3v) is 0. The lowest BCUT2D eigenvalue weighted by Crippen LogP contribution is -2.18. The summed E-state index contributed by atoms with van der Waals surface area (Å²) in [7, 11) is 0. The van der Waals surface area contributed by atoms with Crippen molar-refractivity contribution in [2.45, 2.75) is 0 Å². The highest BCUT2D eigenvalue weighted by atomic mass is 32.1. The SMILES string of the molecule is NC(N)=S.O=[N+]([O-])[O-]. The summed E-state index contributed by atoms with van der Waals surface area (Å²) >= 11 is 4.09. The van der Waals surface area contributed by atoms with Crippen molar-refractivity contribution in [2.75, 3.05) is 0 Å². The lowest BCUT2D eigenvalue weighted by Gasteiger charge is -1.74. The Morgan fingerprint density at radius 3 is 1.50 bits per heavy atom. The van der Waals surface area contributed by atoms with E-state index in [2.05, 4.69) is 23.7 Å². The van der Waals surface area contributed by atoms with Crippen molar-refractivity contribution < 1.29 is 5.09 Å². The summed E-state index contributed by atoms with van der Waals surface area (Å²) in [6, 6.07) is 0. The quantitative estimate of drug-likeness (QED) is 0.250. The van der Waals surface area contributed by atoms with E-state index in [4.69, 9.17) is 15.3 Å². The van der Waals surface area contributed by atoms with Gasteiger partial charge in [0.1, 0.15) is 0 Å². The molecule has 0 saturated heterocycles. The van der Waals surface area contributed by atoms with Crippen LogP contribution in [0.15, 0.2) is 0 Å². The van der Waals surface area contributed by atoms with Crippen LogP contribution in [0.2, 0.25) is 0 Å². The van der Waals surface area contributed by atoms with E-state index >= 15 is 0 Å². The molecule has 8 heavy (non-hydrogen) atoms. The number of thiocarbonyl (C=S) groups is 1. The molecule has 0 aliphatic carbocycles. The van der Waals surface area contributed by atoms with E-state index in [1.165, 1.54) is 0 Å². The van der Waals surface area contributed by atoms with Crippen LogP contribution in [0.25, 0.3) is 0 Å². The Kier molecular flexibility index (Phi) is 7.36. The molecule has 0 atom stereocenters. The summed E-state index contributed by atoms with van der Waals surface area (Å²) in [5, 5.41) is 14.8. The van der Waals surface area contributed by atoms with Crippen molar-refractivity contribution in [1.29, 1.82) is 0 Å². The van der Waals surface area contributed by atoms with Crippen LogP contribution in [-0.2, 0) is 0 Å². The Morgan fingerprint density at radius 2 is 1.50 bits per heavy atom. The monoisotopic (exact) mass is 138 g/mol. The van der Waals surface area contributed by atoms with Crippen molar-refractivity contribution in [2.24, 2.45) is 11.5 Å². The molecule has 0 amide bonds. The molecule has 0 aromatic rings. The van der Waals surface area contributed by atoms with Gasteiger partial charge in [0, 0.05) is 0 Å². The average Bonchev–Trinajstić information content (AvgIpc) is 1.25. The molecular weight excluding hydrogens is 134 g/mol. The molecule has 0 spiro atoms. The Balaban J connectivity index is 0. The van der Waals surface area contributed by atoms with Crippen LogP contribution < -0.4 is 11.5 Å². The Bertz CT molecular complexity index is 72.5. The first-order valence-corrected chi connectivity index (χ1v) is 1.74. The number of hydrogen-bond acceptors (Lipinski definition) is 4. The van der Waals surface area contributed by atoms with E-state index in [1.54, 1.807) is 0 Å². The van der Waals surface area contributed by atoms with Gasteiger partial charge in [-0.25, -0.2) is 0 Å². The molecule has 0 aromatic heterocycles. The summed E-state index contributed by atoms with van der Waals surface area (Å²) in [6.07, 6.45) is 0. The molecular formula is CH4N3O3S-. The summed E-state index contributed by atoms with van der Waals surface area (Å²) in [4.78, 5) is 8.25. The van der Waals surface area contributed by atoms with Crippen LogP contribution in [0, 0.1) is 15.3 Å². The maximum absolute atomic E-state index is 8.25. The van der Waals surface area contributed by atoms with Gasteiger partial charge < -0.3 is 26.8 Å². The van der Waals surface area contributed by atoms with Gasteiger partial charge >= 0.3 is 0 Å². The van der Waals surface area contributed by atoms with Gasteiger partial charge in [0.05, 0.1) is 5.09 Å². The van der Waals surface area contributed by atoms with Crippen LogP contribution in [0.4, 0.5) is 0 Å². The molecule has 6 nitrogen and oxygen atoms in total. The molecule has 4 N–H and O–H groups in total. The number of hydrogen-bond donors (Lipinski definition) is 2. The lowest BCUT2D eigenvalue weighted by molar-refractivity contribution is -0.402. The maximum Gasteiger partial charge on any atom is 0.160 e. The molecule has 0 saturated carbocycles. The zero-order valence-corrected chi connectivity index (χ0v) is 4.55. The second kappa shape index (κ2) is 5.89. The topological polar surface area (TPSA) is 118 Å². The van der Waals surface area contributed by atoms with Gasteiger partial charge in [0.15, 0.2) is 5.11 Å². The Labute approximate surface area is 50.2 Å². The van der Waals surface area contributed by atoms with Gasteiger partial charge in [-0.3, -0.25) is 0 Å². The Morgan fingerprint density at radius 1 is 1.50 bits per heavy atom. The fourth-order valence-corrected chi connectivity index (χ4v) is 0. The number of nitrogens with zero attached hydrogens (tertiary/aromatic N) is 1. The zero-order valence-electron chi connectivity index (χ0n) is 3.73. The van der Waals surface area contributed by atoms with Crippen LogP contribution >= 0.6 is 12.2 Å². The molecule has 0 radical (unpaired) electrons. The maximum atomic E-state index is 8.25. The predicted molar refractivity (Wildman–Crippen MR) is 31.3 cm³/mol. The molecule has 0 unspecified atom stereocenters. The first-order valence-electron chi connectivity index (χ1n) is 1.33. The highest BCUT2D eigenvalue weighted by molar-refractivity contribution is 7.80. The summed E-state index contributed by atoms with van der Waals surface area (Å²) in [6.45, 7) is 0. The van der Waals surface area contributed by atoms with Crippen molar-refractivity contribution in [3.63, 3.8) is 0 Å². The molecule has 0 aromatic carbocycles. The molecule has 48 valence electrons. The van der Waals surface area contributed by atoms with E-state index in [9.17, 15) is 0 Å². The fraction of sp³-hybridized carbons (Fsp3) is 0. The minimum absolute atomic E-state index is 0.000000000000000222. The highest BCUT2D eigenvalue weighted by Crippen LogP contribution is 1.44. The van der Waals surface area contributed by atoms with E-state index in [-0.39, 0.29) is 5.11 Å². The van der Waals surface area contributed by atoms with Crippen molar-refractivity contribution in [3.05, 3.63) is 15.3 Å². The van der Waals surface area contributed by atoms with E-state index in [0.29, 0.717) is 0 Å². The van der Waals surface area contributed by atoms with Gasteiger partial charge in [0.25, 0.3) is 0 Å². The average molecular weight is 138 g/mol. The summed E-state index contributed by atoms with van der Waals surface area (Å²) in [5.41, 5.74) is 9.24. The first-order chi connectivity index (χ1) is 3.46. The standard InChI is InChI=1S/CH4N2S.NO3/c2*2-1(3)4/h(H4,2,3,4);/q;-1. The molecule has 0 aliphatic rings.